The van der Waals surface area contributed by atoms with Crippen molar-refractivity contribution < 1.29 is 9.21 Å². The number of nitrogens with one attached hydrogen (secondary N) is 1. The van der Waals surface area contributed by atoms with Gasteiger partial charge in [-0.3, -0.25) is 9.48 Å². The molecule has 0 bridgehead atoms. The Labute approximate surface area is 188 Å². The lowest BCUT2D eigenvalue weighted by atomic mass is 10.1. The van der Waals surface area contributed by atoms with Gasteiger partial charge in [-0.1, -0.05) is 6.07 Å². The van der Waals surface area contributed by atoms with Gasteiger partial charge in [0, 0.05) is 17.8 Å². The van der Waals surface area contributed by atoms with Gasteiger partial charge in [-0.05, 0) is 44.4 Å². The van der Waals surface area contributed by atoms with Crippen LogP contribution in [0.1, 0.15) is 49.5 Å². The number of rotatable bonds is 7. The topological polar surface area (TPSA) is 123 Å². The number of carbonyl (C=O) groups is 1. The van der Waals surface area contributed by atoms with E-state index in [0.29, 0.717) is 31.2 Å². The van der Waals surface area contributed by atoms with E-state index in [9.17, 15) is 4.79 Å². The van der Waals surface area contributed by atoms with Gasteiger partial charge in [0.15, 0.2) is 0 Å². The van der Waals surface area contributed by atoms with Crippen molar-refractivity contribution >= 4 is 27.5 Å². The molecule has 3 heterocycles. The van der Waals surface area contributed by atoms with E-state index in [0.717, 1.165) is 26.4 Å². The highest BCUT2D eigenvalue weighted by atomic mass is 32.1. The summed E-state index contributed by atoms with van der Waals surface area (Å²) in [5, 5.41) is 25.1. The van der Waals surface area contributed by atoms with Crippen LogP contribution in [0.25, 0.3) is 21.3 Å². The minimum Gasteiger partial charge on any atom is -0.424 e. The number of nitrogens with zero attached hydrogens (tertiary/aromatic N) is 6. The van der Waals surface area contributed by atoms with E-state index in [1.165, 1.54) is 0 Å². The molecule has 32 heavy (non-hydrogen) atoms. The summed E-state index contributed by atoms with van der Waals surface area (Å²) in [6.45, 7) is 4.20. The minimum absolute atomic E-state index is 0.0380. The molecule has 0 radical (unpaired) electrons. The molecule has 0 spiro atoms. The van der Waals surface area contributed by atoms with Crippen molar-refractivity contribution in [2.24, 2.45) is 0 Å². The number of hydrogen-bond donors (Lipinski definition) is 1. The second-order valence-electron chi connectivity index (χ2n) is 8.28. The van der Waals surface area contributed by atoms with Crippen LogP contribution in [0.3, 0.4) is 0 Å². The largest absolute Gasteiger partial charge is 0.424 e. The molecule has 9 nitrogen and oxygen atoms in total. The summed E-state index contributed by atoms with van der Waals surface area (Å²) >= 11 is 1.57. The Morgan fingerprint density at radius 1 is 1.31 bits per heavy atom. The fourth-order valence-electron chi connectivity index (χ4n) is 3.40. The van der Waals surface area contributed by atoms with Gasteiger partial charge in [-0.2, -0.15) is 10.4 Å². The molecule has 1 amide bonds. The molecule has 1 saturated carbocycles. The first-order chi connectivity index (χ1) is 15.4. The Hall–Kier alpha value is -3.58. The van der Waals surface area contributed by atoms with Crippen molar-refractivity contribution in [1.82, 2.24) is 30.3 Å². The van der Waals surface area contributed by atoms with Gasteiger partial charge >= 0.3 is 0 Å². The molecule has 1 aliphatic carbocycles. The minimum atomic E-state index is -0.701. The van der Waals surface area contributed by atoms with Crippen LogP contribution in [0, 0.1) is 11.3 Å². The van der Waals surface area contributed by atoms with Gasteiger partial charge in [0.25, 0.3) is 0 Å². The Morgan fingerprint density at radius 2 is 2.12 bits per heavy atom. The molecular weight excluding hydrogens is 426 g/mol. The van der Waals surface area contributed by atoms with E-state index in [-0.39, 0.29) is 18.2 Å². The predicted molar refractivity (Wildman–Crippen MR) is 118 cm³/mol. The van der Waals surface area contributed by atoms with Gasteiger partial charge in [0.2, 0.25) is 17.7 Å². The maximum absolute atomic E-state index is 12.1. The fourth-order valence-corrected chi connectivity index (χ4v) is 4.39. The second-order valence-corrected chi connectivity index (χ2v) is 9.39. The molecule has 1 aliphatic rings. The molecule has 0 atom stereocenters. The lowest BCUT2D eigenvalue weighted by Gasteiger charge is -2.06. The highest BCUT2D eigenvalue weighted by Gasteiger charge is 2.44. The van der Waals surface area contributed by atoms with E-state index in [1.54, 1.807) is 11.3 Å². The first-order valence-electron chi connectivity index (χ1n) is 10.4. The zero-order valence-corrected chi connectivity index (χ0v) is 18.5. The molecule has 1 N–H and O–H groups in total. The van der Waals surface area contributed by atoms with Crippen LogP contribution in [0.2, 0.25) is 0 Å². The summed E-state index contributed by atoms with van der Waals surface area (Å²) in [5.74, 6) is 0.357. The van der Waals surface area contributed by atoms with Gasteiger partial charge in [-0.25, -0.2) is 4.98 Å². The molecular formula is C22H21N7O2S. The maximum Gasteiger partial charge on any atom is 0.230 e. The highest BCUT2D eigenvalue weighted by Crippen LogP contribution is 2.34. The fraction of sp³-hybridized carbons (Fsp3) is 0.364. The van der Waals surface area contributed by atoms with Crippen LogP contribution in [0.4, 0.5) is 0 Å². The maximum atomic E-state index is 12.1. The van der Waals surface area contributed by atoms with E-state index in [4.69, 9.17) is 9.68 Å². The van der Waals surface area contributed by atoms with Crippen LogP contribution in [0.5, 0.6) is 0 Å². The number of carbonyl (C=O) groups excluding carboxylic acids is 1. The van der Waals surface area contributed by atoms with Gasteiger partial charge in [0.1, 0.15) is 17.0 Å². The summed E-state index contributed by atoms with van der Waals surface area (Å²) in [6.07, 6.45) is 5.65. The summed E-state index contributed by atoms with van der Waals surface area (Å²) < 4.78 is 8.64. The lowest BCUT2D eigenvalue weighted by molar-refractivity contribution is -0.121. The molecule has 1 fully saturated rings. The Balaban J connectivity index is 1.27. The van der Waals surface area contributed by atoms with Crippen LogP contribution < -0.4 is 5.32 Å². The molecule has 4 aromatic rings. The average molecular weight is 448 g/mol. The molecule has 0 aliphatic heterocycles. The molecule has 5 rings (SSSR count). The zero-order valence-electron chi connectivity index (χ0n) is 17.7. The van der Waals surface area contributed by atoms with Crippen molar-refractivity contribution in [2.75, 3.05) is 0 Å². The van der Waals surface area contributed by atoms with E-state index in [1.807, 2.05) is 29.2 Å². The highest BCUT2D eigenvalue weighted by molar-refractivity contribution is 7.18. The number of aromatic nitrogens is 5. The molecule has 3 aromatic heterocycles. The third-order valence-corrected chi connectivity index (χ3v) is 6.38. The van der Waals surface area contributed by atoms with Crippen LogP contribution in [0.15, 0.2) is 35.0 Å². The number of benzene rings is 1. The predicted octanol–water partition coefficient (Wildman–Crippen LogP) is 3.43. The monoisotopic (exact) mass is 447 g/mol. The average Bonchev–Trinajstić information content (AvgIpc) is 3.15. The van der Waals surface area contributed by atoms with Gasteiger partial charge in [-0.15, -0.1) is 21.5 Å². The van der Waals surface area contributed by atoms with Crippen molar-refractivity contribution in [3.63, 3.8) is 0 Å². The Kier molecular flexibility index (Phi) is 4.98. The number of thiazole rings is 1. The quantitative estimate of drug-likeness (QED) is 0.460. The SMILES string of the molecule is CC(C)n1cc(-c2ccc3nc(Cc4nnc(CC(=O)NC5(C#N)CC5)o4)sc3c2)cn1. The van der Waals surface area contributed by atoms with E-state index >= 15 is 0 Å². The van der Waals surface area contributed by atoms with Crippen molar-refractivity contribution in [1.29, 1.82) is 5.26 Å². The van der Waals surface area contributed by atoms with Crippen molar-refractivity contribution in [3.05, 3.63) is 47.4 Å². The Bertz CT molecular complexity index is 1340. The van der Waals surface area contributed by atoms with Crippen LogP contribution >= 0.6 is 11.3 Å². The van der Waals surface area contributed by atoms with Crippen molar-refractivity contribution in [2.45, 2.75) is 51.1 Å². The van der Waals surface area contributed by atoms with E-state index in [2.05, 4.69) is 51.6 Å². The third kappa shape index (κ3) is 4.11. The molecule has 10 heteroatoms. The zero-order chi connectivity index (χ0) is 22.3. The standard InChI is InChI=1S/C22H21N7O2S/c1-13(2)29-11-15(10-24-29)14-3-4-16-17(7-14)32-21(25-16)9-20-28-27-19(31-20)8-18(30)26-22(12-23)5-6-22/h3-4,7,10-11,13H,5-6,8-9H2,1-2H3,(H,26,30). The lowest BCUT2D eigenvalue weighted by Crippen LogP contribution is -2.36. The molecule has 0 unspecified atom stereocenters. The Morgan fingerprint density at radius 3 is 2.84 bits per heavy atom. The number of hydrogen-bond acceptors (Lipinski definition) is 8. The van der Waals surface area contributed by atoms with Crippen LogP contribution in [-0.4, -0.2) is 36.4 Å². The second kappa shape index (κ2) is 7.84. The first-order valence-corrected chi connectivity index (χ1v) is 11.2. The summed E-state index contributed by atoms with van der Waals surface area (Å²) in [6, 6.07) is 8.61. The first kappa shape index (κ1) is 20.3. The number of fused-ring (bicyclic) bond motifs is 1. The van der Waals surface area contributed by atoms with Crippen molar-refractivity contribution in [3.8, 4) is 17.2 Å². The van der Waals surface area contributed by atoms with Gasteiger partial charge < -0.3 is 9.73 Å². The summed E-state index contributed by atoms with van der Waals surface area (Å²) in [5.41, 5.74) is 2.37. The van der Waals surface area contributed by atoms with Gasteiger partial charge in [0.05, 0.1) is 28.9 Å². The number of amides is 1. The number of nitriles is 1. The third-order valence-electron chi connectivity index (χ3n) is 5.36. The summed E-state index contributed by atoms with van der Waals surface area (Å²) in [7, 11) is 0. The van der Waals surface area contributed by atoms with Crippen LogP contribution in [-0.2, 0) is 17.6 Å². The summed E-state index contributed by atoms with van der Waals surface area (Å²) in [4.78, 5) is 16.8. The molecule has 0 saturated heterocycles. The normalized spacial score (nSPS) is 14.6. The smallest absolute Gasteiger partial charge is 0.230 e. The van der Waals surface area contributed by atoms with E-state index < -0.39 is 5.54 Å². The molecule has 1 aromatic carbocycles. The molecule has 162 valence electrons.